The predicted octanol–water partition coefficient (Wildman–Crippen LogP) is 4.34. The van der Waals surface area contributed by atoms with Crippen LogP contribution in [-0.2, 0) is 0 Å². The topological polar surface area (TPSA) is 46.9 Å². The molecule has 0 bridgehead atoms. The van der Waals surface area contributed by atoms with Crippen LogP contribution in [0.25, 0.3) is 5.69 Å². The maximum Gasteiger partial charge on any atom is 0.332 e. The highest BCUT2D eigenvalue weighted by Crippen LogP contribution is 2.21. The average Bonchev–Trinajstić information content (AvgIpc) is 2.83. The van der Waals surface area contributed by atoms with E-state index >= 15 is 0 Å². The first-order valence-corrected chi connectivity index (χ1v) is 7.54. The van der Waals surface area contributed by atoms with Crippen LogP contribution in [0.4, 0.5) is 11.6 Å². The summed E-state index contributed by atoms with van der Waals surface area (Å²) in [5.74, 6) is 0.453. The van der Waals surface area contributed by atoms with Crippen LogP contribution in [0.2, 0.25) is 10.0 Å². The van der Waals surface area contributed by atoms with E-state index in [2.05, 4.69) is 9.69 Å². The van der Waals surface area contributed by atoms with E-state index in [0.29, 0.717) is 21.7 Å². The zero-order chi connectivity index (χ0) is 14.8. The van der Waals surface area contributed by atoms with Crippen molar-refractivity contribution >= 4 is 46.4 Å². The van der Waals surface area contributed by atoms with E-state index in [9.17, 15) is 4.79 Å². The molecule has 1 N–H and O–H groups in total. The van der Waals surface area contributed by atoms with Gasteiger partial charge >= 0.3 is 4.87 Å². The van der Waals surface area contributed by atoms with Crippen molar-refractivity contribution in [2.75, 3.05) is 5.32 Å². The highest BCUT2D eigenvalue weighted by molar-refractivity contribution is 7.03. The molecule has 0 unspecified atom stereocenters. The summed E-state index contributed by atoms with van der Waals surface area (Å²) in [4.78, 5) is 11.8. The van der Waals surface area contributed by atoms with Gasteiger partial charge < -0.3 is 5.32 Å². The third-order valence-electron chi connectivity index (χ3n) is 2.79. The fourth-order valence-electron chi connectivity index (χ4n) is 1.81. The highest BCUT2D eigenvalue weighted by atomic mass is 35.5. The molecule has 0 amide bonds. The lowest BCUT2D eigenvalue weighted by Crippen LogP contribution is -2.13. The van der Waals surface area contributed by atoms with Gasteiger partial charge in [0.2, 0.25) is 5.95 Å². The molecule has 1 heterocycles. The first-order chi connectivity index (χ1) is 10.1. The van der Waals surface area contributed by atoms with E-state index < -0.39 is 0 Å². The minimum Gasteiger partial charge on any atom is -0.324 e. The molecule has 1 aromatic heterocycles. The molecule has 21 heavy (non-hydrogen) atoms. The molecule has 0 aliphatic rings. The summed E-state index contributed by atoms with van der Waals surface area (Å²) in [6.07, 6.45) is 0. The van der Waals surface area contributed by atoms with Gasteiger partial charge in [-0.2, -0.15) is 4.37 Å². The van der Waals surface area contributed by atoms with Crippen LogP contribution in [-0.4, -0.2) is 8.94 Å². The van der Waals surface area contributed by atoms with Crippen molar-refractivity contribution in [3.63, 3.8) is 0 Å². The smallest absolute Gasteiger partial charge is 0.324 e. The van der Waals surface area contributed by atoms with E-state index in [0.717, 1.165) is 17.2 Å². The lowest BCUT2D eigenvalue weighted by Gasteiger charge is -2.08. The Morgan fingerprint density at radius 2 is 1.52 bits per heavy atom. The van der Waals surface area contributed by atoms with Crippen molar-refractivity contribution in [3.8, 4) is 5.69 Å². The number of hydrogen-bond donors (Lipinski definition) is 1. The van der Waals surface area contributed by atoms with E-state index in [4.69, 9.17) is 23.2 Å². The number of anilines is 2. The third-order valence-corrected chi connectivity index (χ3v) is 3.90. The first-order valence-electron chi connectivity index (χ1n) is 6.01. The summed E-state index contributed by atoms with van der Waals surface area (Å²) in [5.41, 5.74) is 1.50. The highest BCUT2D eigenvalue weighted by Gasteiger charge is 2.11. The van der Waals surface area contributed by atoms with E-state index in [1.165, 1.54) is 4.57 Å². The van der Waals surface area contributed by atoms with Crippen molar-refractivity contribution in [1.82, 2.24) is 8.94 Å². The minimum atomic E-state index is -0.172. The van der Waals surface area contributed by atoms with Gasteiger partial charge in [-0.1, -0.05) is 23.2 Å². The molecule has 0 atom stereocenters. The fraction of sp³-hybridized carbons (Fsp3) is 0. The van der Waals surface area contributed by atoms with Crippen molar-refractivity contribution in [3.05, 3.63) is 68.2 Å². The second-order valence-corrected chi connectivity index (χ2v) is 5.80. The lowest BCUT2D eigenvalue weighted by atomic mass is 10.3. The second-order valence-electron chi connectivity index (χ2n) is 4.22. The molecule has 0 aliphatic heterocycles. The van der Waals surface area contributed by atoms with E-state index in [-0.39, 0.29) is 4.87 Å². The summed E-state index contributed by atoms with van der Waals surface area (Å²) in [5, 5.41) is 4.36. The molecule has 3 aromatic rings. The Hall–Kier alpha value is -1.82. The van der Waals surface area contributed by atoms with Crippen LogP contribution in [0, 0.1) is 0 Å². The summed E-state index contributed by atoms with van der Waals surface area (Å²) >= 11 is 12.6. The molecule has 2 aromatic carbocycles. The Morgan fingerprint density at radius 1 is 0.952 bits per heavy atom. The van der Waals surface area contributed by atoms with E-state index in [1.54, 1.807) is 36.4 Å². The number of benzene rings is 2. The van der Waals surface area contributed by atoms with Crippen molar-refractivity contribution in [1.29, 1.82) is 0 Å². The van der Waals surface area contributed by atoms with Crippen LogP contribution in [0.5, 0.6) is 0 Å². The average molecular weight is 338 g/mol. The Morgan fingerprint density at radius 3 is 2.14 bits per heavy atom. The Balaban J connectivity index is 1.99. The molecule has 4 nitrogen and oxygen atoms in total. The van der Waals surface area contributed by atoms with Gasteiger partial charge in [-0.15, -0.1) is 0 Å². The predicted molar refractivity (Wildman–Crippen MR) is 87.5 cm³/mol. The maximum atomic E-state index is 12.0. The molecule has 3 rings (SSSR count). The molecule has 7 heteroatoms. The van der Waals surface area contributed by atoms with Gasteiger partial charge in [0, 0.05) is 27.3 Å². The van der Waals surface area contributed by atoms with Crippen LogP contribution in [0.3, 0.4) is 0 Å². The van der Waals surface area contributed by atoms with Crippen molar-refractivity contribution in [2.24, 2.45) is 0 Å². The van der Waals surface area contributed by atoms with Crippen molar-refractivity contribution in [2.45, 2.75) is 0 Å². The normalized spacial score (nSPS) is 10.6. The number of halogens is 2. The molecule has 0 radical (unpaired) electrons. The summed E-state index contributed by atoms with van der Waals surface area (Å²) < 4.78 is 5.64. The number of rotatable bonds is 3. The standard InChI is InChI=1S/C14H9Cl2N3OS/c15-9-1-5-11(6-2-9)17-13-18-21-14(20)19(13)12-7-3-10(16)4-8-12/h1-8H,(H,17,18). The molecule has 0 saturated heterocycles. The maximum absolute atomic E-state index is 12.0. The van der Waals surface area contributed by atoms with Crippen LogP contribution >= 0.6 is 34.7 Å². The number of nitrogens with zero attached hydrogens (tertiary/aromatic N) is 2. The molecule has 0 fully saturated rings. The zero-order valence-electron chi connectivity index (χ0n) is 10.6. The van der Waals surface area contributed by atoms with Gasteiger partial charge in [-0.25, -0.2) is 4.57 Å². The molecule has 0 spiro atoms. The number of nitrogens with one attached hydrogen (secondary N) is 1. The van der Waals surface area contributed by atoms with Gasteiger partial charge in [0.05, 0.1) is 5.69 Å². The Kier molecular flexibility index (Phi) is 3.96. The summed E-state index contributed by atoms with van der Waals surface area (Å²) in [6.45, 7) is 0. The van der Waals surface area contributed by atoms with Crippen molar-refractivity contribution < 1.29 is 0 Å². The Labute approximate surface area is 134 Å². The number of aromatic nitrogens is 2. The van der Waals surface area contributed by atoms with E-state index in [1.807, 2.05) is 12.1 Å². The monoisotopic (exact) mass is 337 g/mol. The Bertz CT molecular complexity index is 809. The largest absolute Gasteiger partial charge is 0.332 e. The van der Waals surface area contributed by atoms with Gasteiger partial charge in [0.15, 0.2) is 0 Å². The lowest BCUT2D eigenvalue weighted by molar-refractivity contribution is 1.03. The van der Waals surface area contributed by atoms with Crippen LogP contribution in [0.1, 0.15) is 0 Å². The van der Waals surface area contributed by atoms with Gasteiger partial charge in [0.1, 0.15) is 0 Å². The second kappa shape index (κ2) is 5.89. The quantitative estimate of drug-likeness (QED) is 0.773. The molecular formula is C14H9Cl2N3OS. The molecular weight excluding hydrogens is 329 g/mol. The fourth-order valence-corrected chi connectivity index (χ4v) is 2.63. The molecule has 0 saturated carbocycles. The molecule has 106 valence electrons. The zero-order valence-corrected chi connectivity index (χ0v) is 12.9. The first kappa shape index (κ1) is 14.1. The van der Waals surface area contributed by atoms with Gasteiger partial charge in [-0.3, -0.25) is 4.79 Å². The van der Waals surface area contributed by atoms with Gasteiger partial charge in [-0.05, 0) is 48.5 Å². The van der Waals surface area contributed by atoms with Crippen LogP contribution < -0.4 is 10.2 Å². The summed E-state index contributed by atoms with van der Waals surface area (Å²) in [6, 6.07) is 14.2. The molecule has 0 aliphatic carbocycles. The van der Waals surface area contributed by atoms with Gasteiger partial charge in [0.25, 0.3) is 0 Å². The number of hydrogen-bond acceptors (Lipinski definition) is 4. The SMILES string of the molecule is O=c1snc(Nc2ccc(Cl)cc2)n1-c1ccc(Cl)cc1. The summed E-state index contributed by atoms with van der Waals surface area (Å²) in [7, 11) is 0. The van der Waals surface area contributed by atoms with Crippen LogP contribution in [0.15, 0.2) is 53.3 Å². The minimum absolute atomic E-state index is 0.172. The third kappa shape index (κ3) is 3.10.